The van der Waals surface area contributed by atoms with E-state index < -0.39 is 6.04 Å². The number of nitrogens with one attached hydrogen (secondary N) is 1. The maximum Gasteiger partial charge on any atom is 0.242 e. The third-order valence-electron chi connectivity index (χ3n) is 1.90. The molecule has 0 saturated heterocycles. The molecule has 1 aromatic carbocycles. The fourth-order valence-electron chi connectivity index (χ4n) is 1.18. The molecule has 76 valence electrons. The van der Waals surface area contributed by atoms with Crippen LogP contribution in [0.3, 0.4) is 0 Å². The fourth-order valence-corrected chi connectivity index (χ4v) is 2.14. The Labute approximate surface area is 92.8 Å². The minimum Gasteiger partial charge on any atom is -0.324 e. The average molecular weight is 231 g/mol. The number of nitrogens with two attached hydrogens (primary N) is 1. The van der Waals surface area contributed by atoms with Crippen LogP contribution in [0.25, 0.3) is 0 Å². The van der Waals surface area contributed by atoms with Crippen molar-refractivity contribution in [2.24, 2.45) is 5.73 Å². The third-order valence-corrected chi connectivity index (χ3v) is 3.09. The summed E-state index contributed by atoms with van der Waals surface area (Å²) in [7, 11) is 0. The summed E-state index contributed by atoms with van der Waals surface area (Å²) in [5.74, 6) is 0.542. The number of rotatable bonds is 0. The molecule has 0 aliphatic carbocycles. The summed E-state index contributed by atoms with van der Waals surface area (Å²) in [4.78, 5) is 12.4. The van der Waals surface area contributed by atoms with Crippen LogP contribution in [0.4, 0.5) is 5.69 Å². The van der Waals surface area contributed by atoms with E-state index in [9.17, 15) is 4.79 Å². The van der Waals surface area contributed by atoms with Gasteiger partial charge in [0.2, 0.25) is 5.91 Å². The zero-order valence-electron chi connectivity index (χ0n) is 7.40. The Bertz CT molecular complexity index is 345. The van der Waals surface area contributed by atoms with Gasteiger partial charge in [0.15, 0.2) is 0 Å². The van der Waals surface area contributed by atoms with Gasteiger partial charge in [-0.1, -0.05) is 12.1 Å². The van der Waals surface area contributed by atoms with E-state index in [1.54, 1.807) is 11.8 Å². The first-order valence-electron chi connectivity index (χ1n) is 4.05. The van der Waals surface area contributed by atoms with Crippen molar-refractivity contribution in [1.82, 2.24) is 0 Å². The lowest BCUT2D eigenvalue weighted by Gasteiger charge is -2.05. The first kappa shape index (κ1) is 11.4. The van der Waals surface area contributed by atoms with Crippen LogP contribution in [0, 0.1) is 0 Å². The molecule has 1 aromatic rings. The molecule has 5 heteroatoms. The topological polar surface area (TPSA) is 55.1 Å². The van der Waals surface area contributed by atoms with E-state index in [2.05, 4.69) is 5.32 Å². The van der Waals surface area contributed by atoms with Crippen LogP contribution in [0.2, 0.25) is 0 Å². The van der Waals surface area contributed by atoms with Gasteiger partial charge in [0.25, 0.3) is 0 Å². The summed E-state index contributed by atoms with van der Waals surface area (Å²) in [5.41, 5.74) is 6.49. The van der Waals surface area contributed by atoms with E-state index in [1.807, 2.05) is 24.3 Å². The third kappa shape index (κ3) is 2.20. The van der Waals surface area contributed by atoms with Crippen LogP contribution in [-0.2, 0) is 4.79 Å². The fraction of sp³-hybridized carbons (Fsp3) is 0.222. The number of thioether (sulfide) groups is 1. The van der Waals surface area contributed by atoms with Crippen LogP contribution < -0.4 is 11.1 Å². The molecular weight excluding hydrogens is 220 g/mol. The Morgan fingerprint density at radius 2 is 2.14 bits per heavy atom. The number of fused-ring (bicyclic) bond motifs is 1. The minimum absolute atomic E-state index is 0. The highest BCUT2D eigenvalue weighted by molar-refractivity contribution is 7.99. The number of benzene rings is 1. The van der Waals surface area contributed by atoms with Crippen LogP contribution >= 0.6 is 24.2 Å². The molecule has 0 spiro atoms. The van der Waals surface area contributed by atoms with Gasteiger partial charge in [-0.2, -0.15) is 0 Å². The molecule has 3 nitrogen and oxygen atoms in total. The van der Waals surface area contributed by atoms with E-state index in [0.29, 0.717) is 5.75 Å². The zero-order valence-corrected chi connectivity index (χ0v) is 9.03. The van der Waals surface area contributed by atoms with Gasteiger partial charge >= 0.3 is 0 Å². The van der Waals surface area contributed by atoms with Gasteiger partial charge < -0.3 is 11.1 Å². The van der Waals surface area contributed by atoms with Gasteiger partial charge in [-0.3, -0.25) is 4.79 Å². The second kappa shape index (κ2) is 4.68. The van der Waals surface area contributed by atoms with E-state index in [0.717, 1.165) is 10.6 Å². The molecule has 0 bridgehead atoms. The SMILES string of the molecule is Cl.N[C@H]1CSc2ccccc2NC1=O. The number of anilines is 1. The Balaban J connectivity index is 0.000000980. The van der Waals surface area contributed by atoms with Gasteiger partial charge in [0, 0.05) is 10.6 Å². The molecule has 14 heavy (non-hydrogen) atoms. The lowest BCUT2D eigenvalue weighted by atomic mass is 10.3. The van der Waals surface area contributed by atoms with E-state index in [-0.39, 0.29) is 18.3 Å². The molecule has 1 atom stereocenters. The van der Waals surface area contributed by atoms with Crippen molar-refractivity contribution < 1.29 is 4.79 Å². The maximum atomic E-state index is 11.3. The smallest absolute Gasteiger partial charge is 0.242 e. The number of para-hydroxylation sites is 1. The van der Waals surface area contributed by atoms with Crippen molar-refractivity contribution in [1.29, 1.82) is 0 Å². The number of carbonyl (C=O) groups is 1. The van der Waals surface area contributed by atoms with Crippen molar-refractivity contribution in [2.75, 3.05) is 11.1 Å². The molecule has 1 aliphatic heterocycles. The van der Waals surface area contributed by atoms with Gasteiger partial charge in [-0.15, -0.1) is 24.2 Å². The minimum atomic E-state index is -0.405. The number of halogens is 1. The van der Waals surface area contributed by atoms with Gasteiger partial charge in [0.1, 0.15) is 0 Å². The van der Waals surface area contributed by atoms with Gasteiger partial charge in [-0.05, 0) is 12.1 Å². The van der Waals surface area contributed by atoms with Crippen LogP contribution in [-0.4, -0.2) is 17.7 Å². The van der Waals surface area contributed by atoms with Crippen molar-refractivity contribution in [2.45, 2.75) is 10.9 Å². The first-order valence-corrected chi connectivity index (χ1v) is 5.04. The average Bonchev–Trinajstić information content (AvgIpc) is 2.28. The van der Waals surface area contributed by atoms with Crippen molar-refractivity contribution in [3.8, 4) is 0 Å². The second-order valence-corrected chi connectivity index (χ2v) is 3.96. The normalized spacial score (nSPS) is 20.1. The number of amides is 1. The summed E-state index contributed by atoms with van der Waals surface area (Å²) in [6.45, 7) is 0. The molecule has 1 heterocycles. The Kier molecular flexibility index (Phi) is 3.80. The number of hydrogen-bond donors (Lipinski definition) is 2. The van der Waals surface area contributed by atoms with E-state index in [4.69, 9.17) is 5.73 Å². The van der Waals surface area contributed by atoms with Gasteiger partial charge in [-0.25, -0.2) is 0 Å². The van der Waals surface area contributed by atoms with Crippen molar-refractivity contribution >= 4 is 35.8 Å². The standard InChI is InChI=1S/C9H10N2OS.ClH/c10-6-5-13-8-4-2-1-3-7(8)11-9(6)12;/h1-4,6H,5,10H2,(H,11,12);1H/t6-;/m0./s1. The van der Waals surface area contributed by atoms with Crippen LogP contribution in [0.15, 0.2) is 29.2 Å². The highest BCUT2D eigenvalue weighted by Crippen LogP contribution is 2.29. The summed E-state index contributed by atoms with van der Waals surface area (Å²) in [5, 5.41) is 2.79. The quantitative estimate of drug-likeness (QED) is 0.710. The van der Waals surface area contributed by atoms with Crippen molar-refractivity contribution in [3.63, 3.8) is 0 Å². The van der Waals surface area contributed by atoms with E-state index >= 15 is 0 Å². The monoisotopic (exact) mass is 230 g/mol. The summed E-state index contributed by atoms with van der Waals surface area (Å²) >= 11 is 1.61. The summed E-state index contributed by atoms with van der Waals surface area (Å²) in [6.07, 6.45) is 0. The summed E-state index contributed by atoms with van der Waals surface area (Å²) < 4.78 is 0. The Morgan fingerprint density at radius 3 is 2.93 bits per heavy atom. The molecule has 1 amide bonds. The molecule has 2 rings (SSSR count). The highest BCUT2D eigenvalue weighted by Gasteiger charge is 2.19. The Hall–Kier alpha value is -0.710. The molecule has 0 unspecified atom stereocenters. The molecule has 3 N–H and O–H groups in total. The molecule has 0 aromatic heterocycles. The van der Waals surface area contributed by atoms with E-state index in [1.165, 1.54) is 0 Å². The van der Waals surface area contributed by atoms with Crippen LogP contribution in [0.1, 0.15) is 0 Å². The summed E-state index contributed by atoms with van der Waals surface area (Å²) in [6, 6.07) is 7.32. The van der Waals surface area contributed by atoms with Crippen LogP contribution in [0.5, 0.6) is 0 Å². The lowest BCUT2D eigenvalue weighted by molar-refractivity contribution is -0.116. The first-order chi connectivity index (χ1) is 6.27. The maximum absolute atomic E-state index is 11.3. The lowest BCUT2D eigenvalue weighted by Crippen LogP contribution is -2.36. The molecule has 1 aliphatic rings. The van der Waals surface area contributed by atoms with Gasteiger partial charge in [0.05, 0.1) is 11.7 Å². The molecular formula is C9H11ClN2OS. The zero-order chi connectivity index (χ0) is 9.26. The molecule has 0 fully saturated rings. The van der Waals surface area contributed by atoms with Crippen molar-refractivity contribution in [3.05, 3.63) is 24.3 Å². The molecule has 0 radical (unpaired) electrons. The predicted octanol–water partition coefficient (Wildman–Crippen LogP) is 1.48. The number of carbonyl (C=O) groups excluding carboxylic acids is 1. The largest absolute Gasteiger partial charge is 0.324 e. The second-order valence-electron chi connectivity index (χ2n) is 2.90. The number of hydrogen-bond acceptors (Lipinski definition) is 3. The molecule has 0 saturated carbocycles. The highest BCUT2D eigenvalue weighted by atomic mass is 35.5. The Morgan fingerprint density at radius 1 is 1.43 bits per heavy atom. The predicted molar refractivity (Wildman–Crippen MR) is 61.0 cm³/mol.